The van der Waals surface area contributed by atoms with E-state index in [1.165, 1.54) is 5.56 Å². The Bertz CT molecular complexity index is 404. The van der Waals surface area contributed by atoms with Crippen molar-refractivity contribution in [3.05, 3.63) is 35.9 Å². The van der Waals surface area contributed by atoms with Gasteiger partial charge in [-0.15, -0.1) is 0 Å². The summed E-state index contributed by atoms with van der Waals surface area (Å²) >= 11 is 0. The Morgan fingerprint density at radius 3 is 2.68 bits per heavy atom. The van der Waals surface area contributed by atoms with E-state index in [0.717, 1.165) is 25.7 Å². The fourth-order valence-electron chi connectivity index (χ4n) is 2.92. The van der Waals surface area contributed by atoms with E-state index in [1.54, 1.807) is 0 Å². The molecule has 0 heterocycles. The minimum atomic E-state index is 0.117. The second-order valence-corrected chi connectivity index (χ2v) is 5.50. The molecule has 0 radical (unpaired) electrons. The van der Waals surface area contributed by atoms with Crippen LogP contribution in [-0.4, -0.2) is 11.9 Å². The van der Waals surface area contributed by atoms with Crippen LogP contribution in [0.3, 0.4) is 0 Å². The maximum absolute atomic E-state index is 12.1. The van der Waals surface area contributed by atoms with E-state index in [2.05, 4.69) is 24.4 Å². The topological polar surface area (TPSA) is 55.1 Å². The van der Waals surface area contributed by atoms with Crippen LogP contribution in [0.15, 0.2) is 30.3 Å². The maximum atomic E-state index is 12.1. The molecular weight excluding hydrogens is 236 g/mol. The lowest BCUT2D eigenvalue weighted by atomic mass is 9.98. The molecule has 0 aliphatic heterocycles. The third-order valence-electron chi connectivity index (χ3n) is 4.11. The first kappa shape index (κ1) is 14.1. The van der Waals surface area contributed by atoms with Gasteiger partial charge in [-0.1, -0.05) is 43.7 Å². The molecule has 1 saturated carbocycles. The van der Waals surface area contributed by atoms with Gasteiger partial charge in [0.1, 0.15) is 0 Å². The van der Waals surface area contributed by atoms with Crippen molar-refractivity contribution in [1.82, 2.24) is 5.32 Å². The van der Waals surface area contributed by atoms with Gasteiger partial charge in [-0.25, -0.2) is 0 Å². The second kappa shape index (κ2) is 6.71. The highest BCUT2D eigenvalue weighted by Gasteiger charge is 2.26. The molecule has 104 valence electrons. The van der Waals surface area contributed by atoms with E-state index in [0.29, 0.717) is 12.3 Å². The lowest BCUT2D eigenvalue weighted by Crippen LogP contribution is -2.33. The van der Waals surface area contributed by atoms with Crippen LogP contribution in [0.1, 0.15) is 50.6 Å². The molecule has 0 aromatic heterocycles. The number of hydrogen-bond donors (Lipinski definition) is 2. The van der Waals surface area contributed by atoms with Gasteiger partial charge in [0, 0.05) is 12.5 Å². The lowest BCUT2D eigenvalue weighted by Gasteiger charge is -2.20. The molecule has 1 aromatic carbocycles. The average Bonchev–Trinajstić information content (AvgIpc) is 2.82. The first-order valence-electron chi connectivity index (χ1n) is 7.30. The predicted molar refractivity (Wildman–Crippen MR) is 77.6 cm³/mol. The monoisotopic (exact) mass is 260 g/mol. The predicted octanol–water partition coefficient (Wildman–Crippen LogP) is 2.77. The summed E-state index contributed by atoms with van der Waals surface area (Å²) in [4.78, 5) is 12.1. The van der Waals surface area contributed by atoms with Gasteiger partial charge >= 0.3 is 0 Å². The summed E-state index contributed by atoms with van der Waals surface area (Å²) in [5.74, 6) is 0.506. The molecule has 1 aliphatic carbocycles. The van der Waals surface area contributed by atoms with Crippen LogP contribution >= 0.6 is 0 Å². The standard InChI is InChI=1S/C16H24N2O/c1-2-15(12-7-4-3-5-8-12)18-16(19)11-13-9-6-10-14(13)17/h3-5,7-8,13-15H,2,6,9-11,17H2,1H3,(H,18,19)/t13-,14+,15?/m0/s1. The van der Waals surface area contributed by atoms with Gasteiger partial charge in [0.25, 0.3) is 0 Å². The summed E-state index contributed by atoms with van der Waals surface area (Å²) in [6.45, 7) is 2.10. The molecule has 1 amide bonds. The summed E-state index contributed by atoms with van der Waals surface area (Å²) < 4.78 is 0. The zero-order chi connectivity index (χ0) is 13.7. The molecule has 3 nitrogen and oxygen atoms in total. The van der Waals surface area contributed by atoms with Crippen molar-refractivity contribution in [2.45, 2.75) is 51.1 Å². The summed E-state index contributed by atoms with van der Waals surface area (Å²) in [5, 5.41) is 3.14. The molecular formula is C16H24N2O. The smallest absolute Gasteiger partial charge is 0.220 e. The minimum Gasteiger partial charge on any atom is -0.349 e. The van der Waals surface area contributed by atoms with Crippen molar-refractivity contribution in [3.63, 3.8) is 0 Å². The molecule has 3 N–H and O–H groups in total. The summed E-state index contributed by atoms with van der Waals surface area (Å²) in [7, 11) is 0. The second-order valence-electron chi connectivity index (χ2n) is 5.50. The van der Waals surface area contributed by atoms with Crippen LogP contribution in [0.25, 0.3) is 0 Å². The van der Waals surface area contributed by atoms with Crippen LogP contribution in [0, 0.1) is 5.92 Å². The van der Waals surface area contributed by atoms with E-state index in [-0.39, 0.29) is 18.0 Å². The molecule has 1 fully saturated rings. The number of carbonyl (C=O) groups is 1. The largest absolute Gasteiger partial charge is 0.349 e. The van der Waals surface area contributed by atoms with Crippen molar-refractivity contribution in [1.29, 1.82) is 0 Å². The summed E-state index contributed by atoms with van der Waals surface area (Å²) in [5.41, 5.74) is 7.20. The van der Waals surface area contributed by atoms with Crippen molar-refractivity contribution in [3.8, 4) is 0 Å². The number of rotatable bonds is 5. The van der Waals surface area contributed by atoms with Gasteiger partial charge in [0.05, 0.1) is 6.04 Å². The number of nitrogens with one attached hydrogen (secondary N) is 1. The fourth-order valence-corrected chi connectivity index (χ4v) is 2.92. The molecule has 19 heavy (non-hydrogen) atoms. The Morgan fingerprint density at radius 2 is 2.11 bits per heavy atom. The molecule has 3 atom stereocenters. The van der Waals surface area contributed by atoms with E-state index in [4.69, 9.17) is 5.73 Å². The van der Waals surface area contributed by atoms with Gasteiger partial charge in [0.15, 0.2) is 0 Å². The Labute approximate surface area is 115 Å². The van der Waals surface area contributed by atoms with E-state index in [1.807, 2.05) is 18.2 Å². The fraction of sp³-hybridized carbons (Fsp3) is 0.562. The Kier molecular flexibility index (Phi) is 4.97. The van der Waals surface area contributed by atoms with Gasteiger partial charge in [-0.05, 0) is 30.7 Å². The zero-order valence-electron chi connectivity index (χ0n) is 11.6. The van der Waals surface area contributed by atoms with Crippen molar-refractivity contribution >= 4 is 5.91 Å². The third kappa shape index (κ3) is 3.80. The average molecular weight is 260 g/mol. The van der Waals surface area contributed by atoms with Crippen LogP contribution < -0.4 is 11.1 Å². The zero-order valence-corrected chi connectivity index (χ0v) is 11.6. The van der Waals surface area contributed by atoms with Gasteiger partial charge < -0.3 is 11.1 Å². The number of hydrogen-bond acceptors (Lipinski definition) is 2. The number of carbonyl (C=O) groups excluding carboxylic acids is 1. The Hall–Kier alpha value is -1.35. The van der Waals surface area contributed by atoms with Crippen LogP contribution in [0.2, 0.25) is 0 Å². The number of amides is 1. The van der Waals surface area contributed by atoms with Gasteiger partial charge in [0.2, 0.25) is 5.91 Å². The highest BCUT2D eigenvalue weighted by Crippen LogP contribution is 2.27. The highest BCUT2D eigenvalue weighted by molar-refractivity contribution is 5.76. The van der Waals surface area contributed by atoms with Gasteiger partial charge in [-0.2, -0.15) is 0 Å². The minimum absolute atomic E-state index is 0.117. The molecule has 0 bridgehead atoms. The normalized spacial score (nSPS) is 24.1. The maximum Gasteiger partial charge on any atom is 0.220 e. The molecule has 0 spiro atoms. The van der Waals surface area contributed by atoms with Crippen LogP contribution in [-0.2, 0) is 4.79 Å². The van der Waals surface area contributed by atoms with Crippen LogP contribution in [0.4, 0.5) is 0 Å². The number of benzene rings is 1. The molecule has 1 aliphatic rings. The van der Waals surface area contributed by atoms with Crippen molar-refractivity contribution in [2.75, 3.05) is 0 Å². The summed E-state index contributed by atoms with van der Waals surface area (Å²) in [6.07, 6.45) is 4.80. The Balaban J connectivity index is 1.89. The first-order chi connectivity index (χ1) is 9.20. The molecule has 0 saturated heterocycles. The SMILES string of the molecule is CCC(NC(=O)C[C@@H]1CCC[C@H]1N)c1ccccc1. The third-order valence-corrected chi connectivity index (χ3v) is 4.11. The first-order valence-corrected chi connectivity index (χ1v) is 7.30. The van der Waals surface area contributed by atoms with E-state index in [9.17, 15) is 4.79 Å². The van der Waals surface area contributed by atoms with Crippen LogP contribution in [0.5, 0.6) is 0 Å². The molecule has 3 heteroatoms. The quantitative estimate of drug-likeness (QED) is 0.855. The molecule has 2 rings (SSSR count). The summed E-state index contributed by atoms with van der Waals surface area (Å²) in [6, 6.07) is 10.5. The van der Waals surface area contributed by atoms with E-state index >= 15 is 0 Å². The Morgan fingerprint density at radius 1 is 1.37 bits per heavy atom. The van der Waals surface area contributed by atoms with Crippen molar-refractivity contribution in [2.24, 2.45) is 11.7 Å². The van der Waals surface area contributed by atoms with Crippen molar-refractivity contribution < 1.29 is 4.79 Å². The molecule has 1 unspecified atom stereocenters. The van der Waals surface area contributed by atoms with Gasteiger partial charge in [-0.3, -0.25) is 4.79 Å². The number of nitrogens with two attached hydrogens (primary N) is 1. The molecule has 1 aromatic rings. The lowest BCUT2D eigenvalue weighted by molar-refractivity contribution is -0.122. The highest BCUT2D eigenvalue weighted by atomic mass is 16.1. The van der Waals surface area contributed by atoms with E-state index < -0.39 is 0 Å².